The molecule has 24 heavy (non-hydrogen) atoms. The van der Waals surface area contributed by atoms with Gasteiger partial charge in [-0.05, 0) is 37.3 Å². The summed E-state index contributed by atoms with van der Waals surface area (Å²) < 4.78 is 40.8. The number of carbonyl (C=O) groups excluding carboxylic acids is 1. The van der Waals surface area contributed by atoms with Crippen molar-refractivity contribution < 1.29 is 22.7 Å². The summed E-state index contributed by atoms with van der Waals surface area (Å²) in [6.45, 7) is 0.329. The van der Waals surface area contributed by atoms with Gasteiger partial charge in [0.2, 0.25) is 0 Å². The Labute approximate surface area is 141 Å². The van der Waals surface area contributed by atoms with E-state index < -0.39 is 18.8 Å². The lowest BCUT2D eigenvalue weighted by Gasteiger charge is -2.14. The molecule has 0 spiro atoms. The lowest BCUT2D eigenvalue weighted by atomic mass is 10.1. The fourth-order valence-electron chi connectivity index (χ4n) is 1.88. The van der Waals surface area contributed by atoms with Crippen LogP contribution in [0.4, 0.5) is 13.2 Å². The number of halogens is 4. The maximum Gasteiger partial charge on any atom is 0.422 e. The van der Waals surface area contributed by atoms with E-state index in [9.17, 15) is 18.0 Å². The van der Waals surface area contributed by atoms with E-state index in [4.69, 9.17) is 11.6 Å². The quantitative estimate of drug-likeness (QED) is 0.872. The van der Waals surface area contributed by atoms with Crippen LogP contribution in [0.15, 0.2) is 42.6 Å². The molecule has 1 N–H and O–H groups in total. The van der Waals surface area contributed by atoms with E-state index in [-0.39, 0.29) is 11.7 Å². The first-order chi connectivity index (χ1) is 11.2. The smallest absolute Gasteiger partial charge is 0.422 e. The zero-order chi connectivity index (χ0) is 17.7. The molecule has 0 aliphatic rings. The fraction of sp³-hybridized carbons (Fsp3) is 0.250. The number of amides is 1. The third-order valence-corrected chi connectivity index (χ3v) is 3.27. The number of pyridine rings is 1. The Bertz CT molecular complexity index is 705. The molecule has 8 heteroatoms. The number of nitrogens with zero attached hydrogens (tertiary/aromatic N) is 1. The molecule has 1 amide bonds. The van der Waals surface area contributed by atoms with Gasteiger partial charge in [-0.2, -0.15) is 13.2 Å². The highest BCUT2D eigenvalue weighted by molar-refractivity contribution is 6.30. The Hall–Kier alpha value is -2.28. The van der Waals surface area contributed by atoms with Gasteiger partial charge in [0.15, 0.2) is 6.61 Å². The first-order valence-electron chi connectivity index (χ1n) is 6.96. The monoisotopic (exact) mass is 358 g/mol. The molecule has 2 rings (SSSR count). The summed E-state index contributed by atoms with van der Waals surface area (Å²) in [6, 6.07) is 8.90. The molecule has 0 bridgehead atoms. The van der Waals surface area contributed by atoms with Crippen LogP contribution in [0.1, 0.15) is 29.0 Å². The van der Waals surface area contributed by atoms with Crippen LogP contribution in [0.3, 0.4) is 0 Å². The Balaban J connectivity index is 1.97. The zero-order valence-corrected chi connectivity index (χ0v) is 13.4. The minimum Gasteiger partial charge on any atom is -0.483 e. The van der Waals surface area contributed by atoms with Crippen molar-refractivity contribution in [2.45, 2.75) is 19.1 Å². The highest BCUT2D eigenvalue weighted by atomic mass is 35.5. The van der Waals surface area contributed by atoms with Crippen molar-refractivity contribution in [2.75, 3.05) is 6.61 Å². The van der Waals surface area contributed by atoms with Crippen molar-refractivity contribution in [1.29, 1.82) is 0 Å². The second kappa shape index (κ2) is 7.53. The van der Waals surface area contributed by atoms with Gasteiger partial charge in [-0.1, -0.05) is 17.7 Å². The Morgan fingerprint density at radius 1 is 1.33 bits per heavy atom. The van der Waals surface area contributed by atoms with Crippen molar-refractivity contribution in [3.8, 4) is 5.75 Å². The molecule has 1 aromatic heterocycles. The van der Waals surface area contributed by atoms with Gasteiger partial charge in [-0.25, -0.2) is 0 Å². The summed E-state index contributed by atoms with van der Waals surface area (Å²) in [6.07, 6.45) is -3.22. The molecular formula is C16H14ClF3N2O2. The maximum absolute atomic E-state index is 12.1. The fourth-order valence-corrected chi connectivity index (χ4v) is 2.07. The van der Waals surface area contributed by atoms with Gasteiger partial charge < -0.3 is 10.1 Å². The summed E-state index contributed by atoms with van der Waals surface area (Å²) in [4.78, 5) is 16.1. The molecule has 1 atom stereocenters. The van der Waals surface area contributed by atoms with Crippen molar-refractivity contribution in [3.63, 3.8) is 0 Å². The molecule has 0 fully saturated rings. The molecular weight excluding hydrogens is 345 g/mol. The molecule has 1 aromatic carbocycles. The molecule has 128 valence electrons. The van der Waals surface area contributed by atoms with Crippen LogP contribution >= 0.6 is 11.6 Å². The van der Waals surface area contributed by atoms with E-state index in [1.807, 2.05) is 0 Å². The summed E-state index contributed by atoms with van der Waals surface area (Å²) in [7, 11) is 0. The molecule has 0 unspecified atom stereocenters. The Morgan fingerprint density at radius 3 is 2.67 bits per heavy atom. The lowest BCUT2D eigenvalue weighted by Crippen LogP contribution is -2.27. The highest BCUT2D eigenvalue weighted by Gasteiger charge is 2.28. The largest absolute Gasteiger partial charge is 0.483 e. The van der Waals surface area contributed by atoms with E-state index in [0.717, 1.165) is 0 Å². The third kappa shape index (κ3) is 5.42. The van der Waals surface area contributed by atoms with Crippen molar-refractivity contribution in [3.05, 3.63) is 58.9 Å². The molecule has 0 aliphatic carbocycles. The van der Waals surface area contributed by atoms with E-state index in [1.165, 1.54) is 24.4 Å². The van der Waals surface area contributed by atoms with Gasteiger partial charge in [0.05, 0.1) is 17.9 Å². The van der Waals surface area contributed by atoms with Gasteiger partial charge in [0.25, 0.3) is 5.91 Å². The number of ether oxygens (including phenoxy) is 1. The summed E-state index contributed by atoms with van der Waals surface area (Å²) in [5.41, 5.74) is 0.893. The number of nitrogens with one attached hydrogen (secondary N) is 1. The van der Waals surface area contributed by atoms with Gasteiger partial charge in [-0.15, -0.1) is 0 Å². The summed E-state index contributed by atoms with van der Waals surface area (Å²) >= 11 is 5.84. The van der Waals surface area contributed by atoms with Gasteiger partial charge >= 0.3 is 6.18 Å². The van der Waals surface area contributed by atoms with Crippen LogP contribution in [-0.4, -0.2) is 23.7 Å². The molecule has 0 saturated carbocycles. The topological polar surface area (TPSA) is 51.2 Å². The number of hydrogen-bond acceptors (Lipinski definition) is 3. The van der Waals surface area contributed by atoms with Crippen LogP contribution in [0.25, 0.3) is 0 Å². The molecule has 4 nitrogen and oxygen atoms in total. The first kappa shape index (κ1) is 18.1. The first-order valence-corrected chi connectivity index (χ1v) is 7.34. The number of hydrogen-bond donors (Lipinski definition) is 1. The molecule has 0 saturated heterocycles. The van der Waals surface area contributed by atoms with E-state index in [1.54, 1.807) is 25.1 Å². The van der Waals surface area contributed by atoms with Crippen LogP contribution < -0.4 is 10.1 Å². The zero-order valence-electron chi connectivity index (χ0n) is 12.6. The van der Waals surface area contributed by atoms with Crippen molar-refractivity contribution in [2.24, 2.45) is 0 Å². The number of aromatic nitrogens is 1. The maximum atomic E-state index is 12.1. The summed E-state index contributed by atoms with van der Waals surface area (Å²) in [5, 5.41) is 3.18. The van der Waals surface area contributed by atoms with E-state index in [2.05, 4.69) is 15.0 Å². The van der Waals surface area contributed by atoms with Crippen molar-refractivity contribution in [1.82, 2.24) is 10.3 Å². The van der Waals surface area contributed by atoms with Crippen LogP contribution in [0, 0.1) is 0 Å². The van der Waals surface area contributed by atoms with Crippen LogP contribution in [0.2, 0.25) is 5.02 Å². The van der Waals surface area contributed by atoms with E-state index >= 15 is 0 Å². The molecule has 2 aromatic rings. The minimum absolute atomic E-state index is 0.00411. The number of rotatable bonds is 5. The van der Waals surface area contributed by atoms with Crippen LogP contribution in [-0.2, 0) is 0 Å². The second-order valence-corrected chi connectivity index (χ2v) is 5.46. The Kier molecular flexibility index (Phi) is 5.66. The lowest BCUT2D eigenvalue weighted by molar-refractivity contribution is -0.153. The third-order valence-electron chi connectivity index (χ3n) is 3.04. The average molecular weight is 359 g/mol. The standard InChI is InChI=1S/C16H14ClF3N2O2/c1-10(22-15(23)11-3-2-4-12(17)7-11)14-6-5-13(8-21-14)24-9-16(18,19)20/h2-8,10H,9H2,1H3,(H,22,23)/t10-/m1/s1. The highest BCUT2D eigenvalue weighted by Crippen LogP contribution is 2.19. The molecule has 0 aliphatic heterocycles. The Morgan fingerprint density at radius 2 is 2.08 bits per heavy atom. The van der Waals surface area contributed by atoms with Gasteiger partial charge in [0, 0.05) is 10.6 Å². The predicted molar refractivity (Wildman–Crippen MR) is 83.1 cm³/mol. The number of carbonyl (C=O) groups is 1. The normalized spacial score (nSPS) is 12.5. The molecule has 1 heterocycles. The van der Waals surface area contributed by atoms with E-state index in [0.29, 0.717) is 16.3 Å². The van der Waals surface area contributed by atoms with Crippen LogP contribution in [0.5, 0.6) is 5.75 Å². The molecule has 0 radical (unpaired) electrons. The summed E-state index contributed by atoms with van der Waals surface area (Å²) in [5.74, 6) is -0.325. The van der Waals surface area contributed by atoms with Gasteiger partial charge in [0.1, 0.15) is 5.75 Å². The predicted octanol–water partition coefficient (Wildman–Crippen LogP) is 4.17. The average Bonchev–Trinajstić information content (AvgIpc) is 2.52. The van der Waals surface area contributed by atoms with Gasteiger partial charge in [-0.3, -0.25) is 9.78 Å². The minimum atomic E-state index is -4.41. The second-order valence-electron chi connectivity index (χ2n) is 5.03. The van der Waals surface area contributed by atoms with Crippen molar-refractivity contribution >= 4 is 17.5 Å². The number of benzene rings is 1. The number of alkyl halides is 3. The SMILES string of the molecule is C[C@@H](NC(=O)c1cccc(Cl)c1)c1ccc(OCC(F)(F)F)cn1.